The lowest BCUT2D eigenvalue weighted by Gasteiger charge is -2.37. The number of likely N-dealkylation sites (tertiary alicyclic amines) is 1. The van der Waals surface area contributed by atoms with Crippen LogP contribution in [-0.2, 0) is 11.3 Å². The Morgan fingerprint density at radius 1 is 1.19 bits per heavy atom. The molecule has 2 saturated heterocycles. The zero-order chi connectivity index (χ0) is 18.6. The number of aryl methyl sites for hydroxylation is 1. The highest BCUT2D eigenvalue weighted by Gasteiger charge is 2.24. The molecule has 1 unspecified atom stereocenters. The number of rotatable bonds is 6. The summed E-state index contributed by atoms with van der Waals surface area (Å²) in [6, 6.07) is 7.02. The van der Waals surface area contributed by atoms with Gasteiger partial charge in [-0.3, -0.25) is 9.80 Å². The fraction of sp³-hybridized carbons (Fsp3) is 0.636. The second kappa shape index (κ2) is 8.63. The molecule has 5 nitrogen and oxygen atoms in total. The van der Waals surface area contributed by atoms with Crippen LogP contribution in [0.2, 0.25) is 0 Å². The van der Waals surface area contributed by atoms with Crippen molar-refractivity contribution in [3.63, 3.8) is 0 Å². The van der Waals surface area contributed by atoms with Gasteiger partial charge in [-0.2, -0.15) is 0 Å². The molecule has 0 bridgehead atoms. The second-order valence-electron chi connectivity index (χ2n) is 8.00. The number of H-pyrrole nitrogens is 1. The number of ether oxygens (including phenoxy) is 2. The number of fused-ring (bicyclic) bond motifs is 1. The highest BCUT2D eigenvalue weighted by molar-refractivity contribution is 5.85. The molecule has 0 amide bonds. The number of hydrogen-bond donors (Lipinski definition) is 1. The van der Waals surface area contributed by atoms with E-state index in [1.54, 1.807) is 7.11 Å². The minimum Gasteiger partial charge on any atom is -0.497 e. The molecule has 3 heterocycles. The lowest BCUT2D eigenvalue weighted by atomic mass is 9.98. The van der Waals surface area contributed by atoms with E-state index in [0.717, 1.165) is 38.6 Å². The molecule has 1 aromatic heterocycles. The van der Waals surface area contributed by atoms with E-state index < -0.39 is 0 Å². The van der Waals surface area contributed by atoms with Crippen LogP contribution in [0.15, 0.2) is 18.2 Å². The van der Waals surface area contributed by atoms with E-state index in [1.807, 2.05) is 6.07 Å². The van der Waals surface area contributed by atoms with Crippen LogP contribution in [0.3, 0.4) is 0 Å². The Morgan fingerprint density at radius 3 is 2.85 bits per heavy atom. The summed E-state index contributed by atoms with van der Waals surface area (Å²) in [6.45, 7) is 9.65. The van der Waals surface area contributed by atoms with Gasteiger partial charge in [0.05, 0.1) is 20.3 Å². The summed E-state index contributed by atoms with van der Waals surface area (Å²) >= 11 is 0. The van der Waals surface area contributed by atoms with Crippen molar-refractivity contribution in [2.75, 3.05) is 46.5 Å². The number of hydrogen-bond acceptors (Lipinski definition) is 4. The average Bonchev–Trinajstić information content (AvgIpc) is 3.03. The standard InChI is InChI=1S/C22H33N3O2/c1-17-20-15-19(26-2)6-7-21(20)23-22(17)16-25-9-4-3-5-18(25)8-10-24-11-13-27-14-12-24/h6-7,15,18,23H,3-5,8-14,16H2,1-2H3. The molecule has 4 rings (SSSR count). The van der Waals surface area contributed by atoms with Gasteiger partial charge in [0.15, 0.2) is 0 Å². The van der Waals surface area contributed by atoms with Crippen molar-refractivity contribution >= 4 is 10.9 Å². The first-order chi connectivity index (χ1) is 13.2. The smallest absolute Gasteiger partial charge is 0.119 e. The van der Waals surface area contributed by atoms with Crippen LogP contribution < -0.4 is 4.74 Å². The molecule has 1 aromatic carbocycles. The summed E-state index contributed by atoms with van der Waals surface area (Å²) in [6.07, 6.45) is 5.29. The number of morpholine rings is 1. The summed E-state index contributed by atoms with van der Waals surface area (Å²) in [4.78, 5) is 8.94. The Balaban J connectivity index is 1.44. The van der Waals surface area contributed by atoms with Crippen LogP contribution in [0.4, 0.5) is 0 Å². The van der Waals surface area contributed by atoms with E-state index in [9.17, 15) is 0 Å². The van der Waals surface area contributed by atoms with Crippen molar-refractivity contribution in [1.29, 1.82) is 0 Å². The molecule has 0 aliphatic carbocycles. The fourth-order valence-corrected chi connectivity index (χ4v) is 4.60. The normalized spacial score (nSPS) is 22.4. The lowest BCUT2D eigenvalue weighted by Crippen LogP contribution is -2.43. The Hall–Kier alpha value is -1.56. The number of piperidine rings is 1. The van der Waals surface area contributed by atoms with Gasteiger partial charge in [-0.15, -0.1) is 0 Å². The van der Waals surface area contributed by atoms with E-state index in [1.165, 1.54) is 60.9 Å². The quantitative estimate of drug-likeness (QED) is 0.843. The highest BCUT2D eigenvalue weighted by atomic mass is 16.5. The van der Waals surface area contributed by atoms with E-state index in [2.05, 4.69) is 33.8 Å². The van der Waals surface area contributed by atoms with Gasteiger partial charge >= 0.3 is 0 Å². The maximum Gasteiger partial charge on any atom is 0.119 e. The summed E-state index contributed by atoms with van der Waals surface area (Å²) in [5, 5.41) is 1.28. The summed E-state index contributed by atoms with van der Waals surface area (Å²) in [5.41, 5.74) is 3.93. The van der Waals surface area contributed by atoms with Crippen LogP contribution in [0, 0.1) is 6.92 Å². The molecule has 2 aliphatic rings. The SMILES string of the molecule is COc1ccc2[nH]c(CN3CCCCC3CCN3CCOCC3)c(C)c2c1. The molecule has 1 N–H and O–H groups in total. The number of nitrogens with zero attached hydrogens (tertiary/aromatic N) is 2. The number of aromatic amines is 1. The third-order valence-electron chi connectivity index (χ3n) is 6.36. The van der Waals surface area contributed by atoms with Crippen molar-refractivity contribution in [2.24, 2.45) is 0 Å². The molecule has 0 saturated carbocycles. The Bertz CT molecular complexity index is 751. The predicted molar refractivity (Wildman–Crippen MR) is 110 cm³/mol. The van der Waals surface area contributed by atoms with Crippen molar-refractivity contribution < 1.29 is 9.47 Å². The van der Waals surface area contributed by atoms with Crippen molar-refractivity contribution in [3.8, 4) is 5.75 Å². The zero-order valence-electron chi connectivity index (χ0n) is 16.8. The molecule has 0 spiro atoms. The van der Waals surface area contributed by atoms with Crippen molar-refractivity contribution in [3.05, 3.63) is 29.5 Å². The lowest BCUT2D eigenvalue weighted by molar-refractivity contribution is 0.0301. The molecule has 1 atom stereocenters. The van der Waals surface area contributed by atoms with Gasteiger partial charge in [0, 0.05) is 42.3 Å². The van der Waals surface area contributed by atoms with Crippen LogP contribution in [-0.4, -0.2) is 67.3 Å². The average molecular weight is 372 g/mol. The van der Waals surface area contributed by atoms with Crippen LogP contribution in [0.5, 0.6) is 5.75 Å². The zero-order valence-corrected chi connectivity index (χ0v) is 16.8. The maximum atomic E-state index is 5.48. The molecule has 5 heteroatoms. The van der Waals surface area contributed by atoms with Gasteiger partial charge in [0.2, 0.25) is 0 Å². The Kier molecular flexibility index (Phi) is 6.01. The van der Waals surface area contributed by atoms with E-state index >= 15 is 0 Å². The first kappa shape index (κ1) is 18.8. The largest absolute Gasteiger partial charge is 0.497 e. The third kappa shape index (κ3) is 4.31. The molecule has 2 fully saturated rings. The van der Waals surface area contributed by atoms with E-state index in [0.29, 0.717) is 6.04 Å². The molecule has 2 aliphatic heterocycles. The minimum absolute atomic E-state index is 0.696. The van der Waals surface area contributed by atoms with Gasteiger partial charge in [-0.25, -0.2) is 0 Å². The summed E-state index contributed by atoms with van der Waals surface area (Å²) in [7, 11) is 1.73. The molecule has 2 aromatic rings. The van der Waals surface area contributed by atoms with Gasteiger partial charge in [0.25, 0.3) is 0 Å². The fourth-order valence-electron chi connectivity index (χ4n) is 4.60. The van der Waals surface area contributed by atoms with Crippen LogP contribution >= 0.6 is 0 Å². The first-order valence-electron chi connectivity index (χ1n) is 10.4. The molecule has 148 valence electrons. The highest BCUT2D eigenvalue weighted by Crippen LogP contribution is 2.29. The van der Waals surface area contributed by atoms with Gasteiger partial charge in [-0.05, 0) is 63.0 Å². The maximum absolute atomic E-state index is 5.48. The summed E-state index contributed by atoms with van der Waals surface area (Å²) in [5.74, 6) is 0.928. The monoisotopic (exact) mass is 371 g/mol. The number of nitrogens with one attached hydrogen (secondary N) is 1. The molecule has 0 radical (unpaired) electrons. The molecule has 27 heavy (non-hydrogen) atoms. The van der Waals surface area contributed by atoms with E-state index in [4.69, 9.17) is 9.47 Å². The van der Waals surface area contributed by atoms with Crippen molar-refractivity contribution in [2.45, 2.75) is 45.2 Å². The third-order valence-corrected chi connectivity index (χ3v) is 6.36. The van der Waals surface area contributed by atoms with Crippen LogP contribution in [0.1, 0.15) is 36.9 Å². The Morgan fingerprint density at radius 2 is 2.04 bits per heavy atom. The second-order valence-corrected chi connectivity index (χ2v) is 8.00. The van der Waals surface area contributed by atoms with Crippen LogP contribution in [0.25, 0.3) is 10.9 Å². The summed E-state index contributed by atoms with van der Waals surface area (Å²) < 4.78 is 10.9. The first-order valence-corrected chi connectivity index (χ1v) is 10.4. The number of benzene rings is 1. The minimum atomic E-state index is 0.696. The molecular formula is C22H33N3O2. The molecular weight excluding hydrogens is 338 g/mol. The van der Waals surface area contributed by atoms with Crippen molar-refractivity contribution in [1.82, 2.24) is 14.8 Å². The van der Waals surface area contributed by atoms with Gasteiger partial charge < -0.3 is 14.5 Å². The van der Waals surface area contributed by atoms with Gasteiger partial charge in [0.1, 0.15) is 5.75 Å². The van der Waals surface area contributed by atoms with E-state index in [-0.39, 0.29) is 0 Å². The predicted octanol–water partition coefficient (Wildman–Crippen LogP) is 3.56. The number of aromatic nitrogens is 1. The number of methoxy groups -OCH3 is 1. The van der Waals surface area contributed by atoms with Gasteiger partial charge in [-0.1, -0.05) is 6.42 Å². The Labute approximate surface area is 162 Å². The topological polar surface area (TPSA) is 40.7 Å².